The lowest BCUT2D eigenvalue weighted by molar-refractivity contribution is -0.144. The van der Waals surface area contributed by atoms with E-state index in [4.69, 9.17) is 9.47 Å². The number of ether oxygens (including phenoxy) is 2. The predicted octanol–water partition coefficient (Wildman–Crippen LogP) is 3.90. The number of anilines is 1. The minimum Gasteiger partial charge on any atom is -0.477 e. The van der Waals surface area contributed by atoms with E-state index in [1.54, 1.807) is 19.2 Å². The largest absolute Gasteiger partial charge is 0.477 e. The predicted molar refractivity (Wildman–Crippen MR) is 153 cm³/mol. The normalized spacial score (nSPS) is 18.3. The van der Waals surface area contributed by atoms with Crippen LogP contribution in [-0.4, -0.2) is 71.3 Å². The van der Waals surface area contributed by atoms with Crippen molar-refractivity contribution in [2.24, 2.45) is 5.41 Å². The number of hydrogen-bond donors (Lipinski definition) is 3. The van der Waals surface area contributed by atoms with E-state index in [0.717, 1.165) is 31.2 Å². The minimum atomic E-state index is -1.57. The van der Waals surface area contributed by atoms with Gasteiger partial charge < -0.3 is 30.1 Å². The molecule has 0 bridgehead atoms. The molecule has 1 aliphatic carbocycles. The summed E-state index contributed by atoms with van der Waals surface area (Å²) in [5.41, 5.74) is -1.21. The molecule has 3 N–H and O–H groups in total. The van der Waals surface area contributed by atoms with E-state index in [2.05, 4.69) is 20.6 Å². The zero-order valence-corrected chi connectivity index (χ0v) is 23.9. The first-order valence-electron chi connectivity index (χ1n) is 14.5. The molecule has 2 amide bonds. The molecule has 11 nitrogen and oxygen atoms in total. The Hall–Kier alpha value is -3.73. The summed E-state index contributed by atoms with van der Waals surface area (Å²) in [7, 11) is 0. The third kappa shape index (κ3) is 7.72. The number of unbranched alkanes of at least 4 members (excludes halogenated alkanes) is 1. The van der Waals surface area contributed by atoms with Gasteiger partial charge in [-0.2, -0.15) is 4.98 Å². The van der Waals surface area contributed by atoms with Crippen molar-refractivity contribution < 1.29 is 29.0 Å². The standard InChI is InChI=1S/C30H41N5O6/c1-3-4-14-30(34-28(38)39,25(36)26(37)32-22(2)23-9-6-5-7-10-23)20-29(12-8-13-29)21-41-24-11-15-31-27(33-24)35-16-18-40-19-17-35/h5-7,9-11,15,22,34H,3-4,8,12-14,16-21H2,1-2H3,(H,32,37)(H,38,39)/t22-,30?/m1/s1. The number of hydrogen-bond acceptors (Lipinski definition) is 8. The number of amides is 2. The summed E-state index contributed by atoms with van der Waals surface area (Å²) in [5, 5.41) is 15.1. The number of aromatic nitrogens is 2. The minimum absolute atomic E-state index is 0.166. The highest BCUT2D eigenvalue weighted by Gasteiger charge is 2.51. The average molecular weight is 568 g/mol. The monoisotopic (exact) mass is 567 g/mol. The fourth-order valence-electron chi connectivity index (χ4n) is 5.68. The van der Waals surface area contributed by atoms with Gasteiger partial charge in [-0.1, -0.05) is 56.5 Å². The third-order valence-corrected chi connectivity index (χ3v) is 8.12. The van der Waals surface area contributed by atoms with Crippen LogP contribution in [-0.2, 0) is 14.3 Å². The van der Waals surface area contributed by atoms with Gasteiger partial charge in [0.05, 0.1) is 25.9 Å². The van der Waals surface area contributed by atoms with Gasteiger partial charge in [0.15, 0.2) is 0 Å². The summed E-state index contributed by atoms with van der Waals surface area (Å²) < 4.78 is 11.6. The molecule has 2 aromatic rings. The Kier molecular flexibility index (Phi) is 10.1. The zero-order valence-electron chi connectivity index (χ0n) is 23.9. The number of carboxylic acid groups (broad SMARTS) is 1. The SMILES string of the molecule is CCCCC(CC1(COc2ccnc(N3CCOCC3)n2)CCC1)(NC(=O)O)C(=O)C(=O)N[C@H](C)c1ccccc1. The van der Waals surface area contributed by atoms with E-state index >= 15 is 0 Å². The van der Waals surface area contributed by atoms with E-state index in [1.807, 2.05) is 42.2 Å². The molecule has 2 aliphatic rings. The van der Waals surface area contributed by atoms with Crippen molar-refractivity contribution in [1.29, 1.82) is 0 Å². The molecule has 1 saturated carbocycles. The first kappa shape index (κ1) is 30.2. The highest BCUT2D eigenvalue weighted by molar-refractivity contribution is 6.40. The number of benzene rings is 1. The maximum absolute atomic E-state index is 13.9. The van der Waals surface area contributed by atoms with Crippen LogP contribution in [0.25, 0.3) is 0 Å². The Morgan fingerprint density at radius 3 is 2.54 bits per heavy atom. The molecule has 11 heteroatoms. The fraction of sp³-hybridized carbons (Fsp3) is 0.567. The van der Waals surface area contributed by atoms with Crippen LogP contribution in [0, 0.1) is 5.41 Å². The molecule has 2 fully saturated rings. The zero-order chi connectivity index (χ0) is 29.3. The second kappa shape index (κ2) is 13.8. The van der Waals surface area contributed by atoms with Gasteiger partial charge in [0.25, 0.3) is 5.91 Å². The summed E-state index contributed by atoms with van der Waals surface area (Å²) in [6, 6.07) is 10.6. The maximum atomic E-state index is 13.9. The van der Waals surface area contributed by atoms with E-state index in [-0.39, 0.29) is 19.4 Å². The highest BCUT2D eigenvalue weighted by atomic mass is 16.5. The topological polar surface area (TPSA) is 143 Å². The first-order chi connectivity index (χ1) is 19.8. The molecule has 1 aliphatic heterocycles. The smallest absolute Gasteiger partial charge is 0.405 e. The maximum Gasteiger partial charge on any atom is 0.405 e. The van der Waals surface area contributed by atoms with Crippen LogP contribution in [0.1, 0.15) is 70.4 Å². The van der Waals surface area contributed by atoms with Gasteiger partial charge in [-0.25, -0.2) is 9.78 Å². The quantitative estimate of drug-likeness (QED) is 0.290. The second-order valence-electron chi connectivity index (χ2n) is 11.2. The molecule has 1 unspecified atom stereocenters. The summed E-state index contributed by atoms with van der Waals surface area (Å²) in [6.07, 6.45) is 4.45. The van der Waals surface area contributed by atoms with Crippen LogP contribution in [0.15, 0.2) is 42.6 Å². The summed E-state index contributed by atoms with van der Waals surface area (Å²) in [6.45, 7) is 6.63. The number of ketones is 1. The number of morpholine rings is 1. The molecule has 1 aromatic heterocycles. The van der Waals surface area contributed by atoms with Crippen LogP contribution >= 0.6 is 0 Å². The number of nitrogens with zero attached hydrogens (tertiary/aromatic N) is 3. The molecule has 0 spiro atoms. The molecular weight excluding hydrogens is 526 g/mol. The van der Waals surface area contributed by atoms with Crippen molar-refractivity contribution >= 4 is 23.7 Å². The molecule has 1 aromatic carbocycles. The Morgan fingerprint density at radius 1 is 1.17 bits per heavy atom. The molecular formula is C30H41N5O6. The number of rotatable bonds is 14. The Bertz CT molecular complexity index is 1180. The summed E-state index contributed by atoms with van der Waals surface area (Å²) in [5.74, 6) is -0.580. The summed E-state index contributed by atoms with van der Waals surface area (Å²) >= 11 is 0. The van der Waals surface area contributed by atoms with Crippen LogP contribution in [0.4, 0.5) is 10.7 Å². The molecule has 222 valence electrons. The number of Topliss-reactive ketones (excluding diaryl/α,β-unsaturated/α-hetero) is 1. The van der Waals surface area contributed by atoms with E-state index in [1.165, 1.54) is 0 Å². The number of carbonyl (C=O) groups excluding carboxylic acids is 2. The van der Waals surface area contributed by atoms with Crippen molar-refractivity contribution in [3.05, 3.63) is 48.2 Å². The molecule has 2 heterocycles. The Morgan fingerprint density at radius 2 is 1.90 bits per heavy atom. The van der Waals surface area contributed by atoms with Gasteiger partial charge in [0.2, 0.25) is 17.6 Å². The van der Waals surface area contributed by atoms with Crippen LogP contribution in [0.3, 0.4) is 0 Å². The molecule has 2 atom stereocenters. The van der Waals surface area contributed by atoms with Gasteiger partial charge >= 0.3 is 6.09 Å². The lowest BCUT2D eigenvalue weighted by atomic mass is 9.61. The Balaban J connectivity index is 1.52. The van der Waals surface area contributed by atoms with Gasteiger partial charge in [0, 0.05) is 30.8 Å². The molecule has 4 rings (SSSR count). The van der Waals surface area contributed by atoms with Crippen molar-refractivity contribution in [2.75, 3.05) is 37.8 Å². The van der Waals surface area contributed by atoms with E-state index in [0.29, 0.717) is 44.6 Å². The van der Waals surface area contributed by atoms with Crippen LogP contribution in [0.5, 0.6) is 5.88 Å². The fourth-order valence-corrected chi connectivity index (χ4v) is 5.68. The van der Waals surface area contributed by atoms with Crippen LogP contribution < -0.4 is 20.3 Å². The lowest BCUT2D eigenvalue weighted by Crippen LogP contribution is -2.62. The van der Waals surface area contributed by atoms with Crippen molar-refractivity contribution in [2.45, 2.75) is 70.4 Å². The molecule has 41 heavy (non-hydrogen) atoms. The first-order valence-corrected chi connectivity index (χ1v) is 14.5. The van der Waals surface area contributed by atoms with Gasteiger partial charge in [0.1, 0.15) is 5.54 Å². The van der Waals surface area contributed by atoms with E-state index < -0.39 is 34.8 Å². The van der Waals surface area contributed by atoms with Crippen molar-refractivity contribution in [3.8, 4) is 5.88 Å². The summed E-state index contributed by atoms with van der Waals surface area (Å²) in [4.78, 5) is 50.2. The van der Waals surface area contributed by atoms with Gasteiger partial charge in [-0.3, -0.25) is 9.59 Å². The second-order valence-corrected chi connectivity index (χ2v) is 11.2. The van der Waals surface area contributed by atoms with Crippen LogP contribution in [0.2, 0.25) is 0 Å². The lowest BCUT2D eigenvalue weighted by Gasteiger charge is -2.47. The Labute approximate surface area is 241 Å². The average Bonchev–Trinajstić information content (AvgIpc) is 2.97. The van der Waals surface area contributed by atoms with Gasteiger partial charge in [-0.05, 0) is 38.2 Å². The number of nitrogens with one attached hydrogen (secondary N) is 2. The van der Waals surface area contributed by atoms with Gasteiger partial charge in [-0.15, -0.1) is 0 Å². The third-order valence-electron chi connectivity index (χ3n) is 8.12. The molecule has 0 radical (unpaired) electrons. The number of carbonyl (C=O) groups is 3. The van der Waals surface area contributed by atoms with Crippen molar-refractivity contribution in [1.82, 2.24) is 20.6 Å². The molecule has 1 saturated heterocycles. The highest BCUT2D eigenvalue weighted by Crippen LogP contribution is 2.48. The van der Waals surface area contributed by atoms with Crippen molar-refractivity contribution in [3.63, 3.8) is 0 Å². The van der Waals surface area contributed by atoms with E-state index in [9.17, 15) is 19.5 Å².